The second-order valence-electron chi connectivity index (χ2n) is 6.19. The van der Waals surface area contributed by atoms with Crippen molar-refractivity contribution in [2.45, 2.75) is 0 Å². The molecule has 4 aromatic rings. The summed E-state index contributed by atoms with van der Waals surface area (Å²) in [5.41, 5.74) is 2.81. The van der Waals surface area contributed by atoms with Crippen molar-refractivity contribution in [2.24, 2.45) is 0 Å². The van der Waals surface area contributed by atoms with E-state index in [1.165, 1.54) is 0 Å². The van der Waals surface area contributed by atoms with E-state index in [-0.39, 0.29) is 11.8 Å². The first-order valence-electron chi connectivity index (χ1n) is 8.92. The van der Waals surface area contributed by atoms with Crippen molar-refractivity contribution in [3.05, 3.63) is 103 Å². The van der Waals surface area contributed by atoms with Crippen LogP contribution in [0.4, 0.5) is 11.4 Å². The highest BCUT2D eigenvalue weighted by Gasteiger charge is 2.13. The summed E-state index contributed by atoms with van der Waals surface area (Å²) in [6.45, 7) is 0. The number of rotatable bonds is 5. The maximum Gasteiger partial charge on any atom is 0.257 e. The van der Waals surface area contributed by atoms with Crippen molar-refractivity contribution in [3.8, 4) is 5.69 Å². The number of benzene rings is 2. The van der Waals surface area contributed by atoms with Crippen LogP contribution in [-0.4, -0.2) is 26.6 Å². The minimum absolute atomic E-state index is 0.250. The van der Waals surface area contributed by atoms with Crippen LogP contribution in [0, 0.1) is 0 Å². The highest BCUT2D eigenvalue weighted by molar-refractivity contribution is 6.07. The molecule has 2 aromatic carbocycles. The number of pyridine rings is 1. The number of carbonyl (C=O) groups is 2. The number of hydrogen-bond donors (Lipinski definition) is 2. The highest BCUT2D eigenvalue weighted by Crippen LogP contribution is 2.19. The standard InChI is InChI=1S/C22H17N5O2/c28-21(16-9-12-23-13-10-16)25-17-5-3-6-18(15-17)26-22(29)19-7-1-2-8-20(19)27-14-4-11-24-27/h1-15H,(H,25,28)(H,26,29). The van der Waals surface area contributed by atoms with Gasteiger partial charge in [0.05, 0.1) is 11.3 Å². The third-order valence-electron chi connectivity index (χ3n) is 4.22. The SMILES string of the molecule is O=C(Nc1cccc(NC(=O)c2ccccc2-n2cccn2)c1)c1ccncc1. The Morgan fingerprint density at radius 2 is 1.48 bits per heavy atom. The average Bonchev–Trinajstić information content (AvgIpc) is 3.29. The lowest BCUT2D eigenvalue weighted by atomic mass is 10.1. The van der Waals surface area contributed by atoms with E-state index in [0.29, 0.717) is 28.2 Å². The van der Waals surface area contributed by atoms with Gasteiger partial charge >= 0.3 is 0 Å². The number of hydrogen-bond acceptors (Lipinski definition) is 4. The first kappa shape index (κ1) is 18.1. The van der Waals surface area contributed by atoms with Crippen LogP contribution in [0.3, 0.4) is 0 Å². The third-order valence-corrected chi connectivity index (χ3v) is 4.22. The number of anilines is 2. The van der Waals surface area contributed by atoms with Gasteiger partial charge in [-0.15, -0.1) is 0 Å². The molecule has 2 heterocycles. The molecule has 0 bridgehead atoms. The van der Waals surface area contributed by atoms with Gasteiger partial charge in [-0.1, -0.05) is 18.2 Å². The van der Waals surface area contributed by atoms with E-state index in [4.69, 9.17) is 0 Å². The van der Waals surface area contributed by atoms with Gasteiger partial charge in [-0.3, -0.25) is 14.6 Å². The Bertz CT molecular complexity index is 1140. The zero-order chi connectivity index (χ0) is 20.1. The Morgan fingerprint density at radius 3 is 2.21 bits per heavy atom. The summed E-state index contributed by atoms with van der Waals surface area (Å²) in [5.74, 6) is -0.520. The lowest BCUT2D eigenvalue weighted by molar-refractivity contribution is 0.101. The van der Waals surface area contributed by atoms with Crippen LogP contribution in [0.25, 0.3) is 5.69 Å². The Balaban J connectivity index is 1.52. The predicted octanol–water partition coefficient (Wildman–Crippen LogP) is 3.77. The molecule has 0 atom stereocenters. The molecule has 2 aromatic heterocycles. The number of carbonyl (C=O) groups excluding carboxylic acids is 2. The first-order valence-corrected chi connectivity index (χ1v) is 8.92. The molecule has 0 unspecified atom stereocenters. The smallest absolute Gasteiger partial charge is 0.257 e. The molecule has 7 heteroatoms. The summed E-state index contributed by atoms with van der Waals surface area (Å²) >= 11 is 0. The fraction of sp³-hybridized carbons (Fsp3) is 0. The molecule has 0 spiro atoms. The molecule has 0 saturated heterocycles. The maximum atomic E-state index is 12.8. The fourth-order valence-electron chi connectivity index (χ4n) is 2.86. The topological polar surface area (TPSA) is 88.9 Å². The van der Waals surface area contributed by atoms with Crippen molar-refractivity contribution >= 4 is 23.2 Å². The molecule has 29 heavy (non-hydrogen) atoms. The monoisotopic (exact) mass is 383 g/mol. The normalized spacial score (nSPS) is 10.3. The van der Waals surface area contributed by atoms with Gasteiger partial charge in [-0.2, -0.15) is 5.10 Å². The van der Waals surface area contributed by atoms with Gasteiger partial charge in [0.1, 0.15) is 0 Å². The van der Waals surface area contributed by atoms with Gasteiger partial charge in [-0.25, -0.2) is 4.68 Å². The summed E-state index contributed by atoms with van der Waals surface area (Å²) in [7, 11) is 0. The molecule has 7 nitrogen and oxygen atoms in total. The molecule has 2 N–H and O–H groups in total. The number of para-hydroxylation sites is 1. The lowest BCUT2D eigenvalue weighted by Crippen LogP contribution is -2.16. The molecule has 0 aliphatic heterocycles. The molecule has 0 saturated carbocycles. The summed E-state index contributed by atoms with van der Waals surface area (Å²) < 4.78 is 1.64. The van der Waals surface area contributed by atoms with Crippen LogP contribution in [0.2, 0.25) is 0 Å². The maximum absolute atomic E-state index is 12.8. The van der Waals surface area contributed by atoms with Gasteiger partial charge in [0, 0.05) is 41.7 Å². The third kappa shape index (κ3) is 4.19. The van der Waals surface area contributed by atoms with E-state index in [9.17, 15) is 9.59 Å². The van der Waals surface area contributed by atoms with E-state index in [2.05, 4.69) is 20.7 Å². The van der Waals surface area contributed by atoms with Crippen molar-refractivity contribution in [3.63, 3.8) is 0 Å². The zero-order valence-electron chi connectivity index (χ0n) is 15.3. The number of nitrogens with zero attached hydrogens (tertiary/aromatic N) is 3. The molecule has 0 fully saturated rings. The summed E-state index contributed by atoms with van der Waals surface area (Å²) in [6, 6.07) is 19.3. The number of aromatic nitrogens is 3. The highest BCUT2D eigenvalue weighted by atomic mass is 16.2. The Hall–Kier alpha value is -4.26. The van der Waals surface area contributed by atoms with E-state index in [1.807, 2.05) is 12.1 Å². The summed E-state index contributed by atoms with van der Waals surface area (Å²) in [4.78, 5) is 29.0. The quantitative estimate of drug-likeness (QED) is 0.549. The van der Waals surface area contributed by atoms with Crippen LogP contribution >= 0.6 is 0 Å². The van der Waals surface area contributed by atoms with E-state index in [1.54, 1.807) is 84.1 Å². The molecular weight excluding hydrogens is 366 g/mol. The van der Waals surface area contributed by atoms with Crippen LogP contribution in [-0.2, 0) is 0 Å². The summed E-state index contributed by atoms with van der Waals surface area (Å²) in [5, 5.41) is 9.88. The predicted molar refractivity (Wildman–Crippen MR) is 110 cm³/mol. The second kappa shape index (κ2) is 8.18. The van der Waals surface area contributed by atoms with E-state index < -0.39 is 0 Å². The van der Waals surface area contributed by atoms with Gasteiger partial charge in [0.15, 0.2) is 0 Å². The first-order chi connectivity index (χ1) is 14.2. The number of amides is 2. The Labute approximate surface area is 167 Å². The molecule has 0 aliphatic carbocycles. The van der Waals surface area contributed by atoms with E-state index in [0.717, 1.165) is 0 Å². The fourth-order valence-corrected chi connectivity index (χ4v) is 2.86. The van der Waals surface area contributed by atoms with Crippen LogP contribution in [0.15, 0.2) is 91.5 Å². The number of nitrogens with one attached hydrogen (secondary N) is 2. The Kier molecular flexibility index (Phi) is 5.11. The Morgan fingerprint density at radius 1 is 0.759 bits per heavy atom. The van der Waals surface area contributed by atoms with Crippen molar-refractivity contribution in [1.82, 2.24) is 14.8 Å². The minimum Gasteiger partial charge on any atom is -0.322 e. The summed E-state index contributed by atoms with van der Waals surface area (Å²) in [6.07, 6.45) is 6.55. The minimum atomic E-state index is -0.270. The molecule has 2 amide bonds. The molecule has 0 aliphatic rings. The lowest BCUT2D eigenvalue weighted by Gasteiger charge is -2.11. The van der Waals surface area contributed by atoms with Crippen LogP contribution in [0.5, 0.6) is 0 Å². The van der Waals surface area contributed by atoms with Crippen LogP contribution < -0.4 is 10.6 Å². The van der Waals surface area contributed by atoms with Gasteiger partial charge < -0.3 is 10.6 Å². The second-order valence-corrected chi connectivity index (χ2v) is 6.19. The van der Waals surface area contributed by atoms with Gasteiger partial charge in [0.25, 0.3) is 11.8 Å². The van der Waals surface area contributed by atoms with Crippen LogP contribution in [0.1, 0.15) is 20.7 Å². The van der Waals surface area contributed by atoms with E-state index >= 15 is 0 Å². The molecule has 142 valence electrons. The van der Waals surface area contributed by atoms with Crippen molar-refractivity contribution < 1.29 is 9.59 Å². The zero-order valence-corrected chi connectivity index (χ0v) is 15.3. The van der Waals surface area contributed by atoms with Crippen molar-refractivity contribution in [1.29, 1.82) is 0 Å². The van der Waals surface area contributed by atoms with Crippen molar-refractivity contribution in [2.75, 3.05) is 10.6 Å². The van der Waals surface area contributed by atoms with Gasteiger partial charge in [0.2, 0.25) is 0 Å². The van der Waals surface area contributed by atoms with Gasteiger partial charge in [-0.05, 0) is 48.5 Å². The average molecular weight is 383 g/mol. The largest absolute Gasteiger partial charge is 0.322 e. The molecule has 4 rings (SSSR count). The molecular formula is C22H17N5O2. The molecule has 0 radical (unpaired) electrons.